The molecule has 1 saturated heterocycles. The van der Waals surface area contributed by atoms with Gasteiger partial charge in [-0.2, -0.15) is 8.42 Å². The smallest absolute Gasteiger partial charge is 0.339 e. The molecule has 0 spiro atoms. The highest BCUT2D eigenvalue weighted by molar-refractivity contribution is 9.11. The number of rotatable bonds is 5. The second-order valence-electron chi connectivity index (χ2n) is 8.05. The zero-order chi connectivity index (χ0) is 27.1. The van der Waals surface area contributed by atoms with Gasteiger partial charge in [0.2, 0.25) is 0 Å². The summed E-state index contributed by atoms with van der Waals surface area (Å²) < 4.78 is 31.3. The maximum absolute atomic E-state index is 13.2. The summed E-state index contributed by atoms with van der Waals surface area (Å²) in [5.41, 5.74) is 1.78. The van der Waals surface area contributed by atoms with E-state index in [-0.39, 0.29) is 30.9 Å². The van der Waals surface area contributed by atoms with E-state index in [0.29, 0.717) is 16.1 Å². The van der Waals surface area contributed by atoms with E-state index in [1.54, 1.807) is 31.2 Å². The van der Waals surface area contributed by atoms with Crippen LogP contribution in [0.3, 0.4) is 0 Å². The summed E-state index contributed by atoms with van der Waals surface area (Å²) in [6, 6.07) is 13.0. The van der Waals surface area contributed by atoms with Crippen molar-refractivity contribution in [2.75, 3.05) is 4.90 Å². The number of nitrogens with one attached hydrogen (secondary N) is 1. The van der Waals surface area contributed by atoms with Crippen molar-refractivity contribution in [2.45, 2.75) is 18.7 Å². The lowest BCUT2D eigenvalue weighted by Crippen LogP contribution is -2.54. The standard InChI is InChI=1S/C25H17Br2ClN2O6S/c1-13-3-7-17(8-4-13)37(34,35)36-22-19(26)10-15(11-20(22)27)9-18-23(31)29-25(33)30(24(18)32)21-12-16(28)6-5-14(21)2/h3-12H,1-2H3,(H,29,31,33)/b18-9+. The van der Waals surface area contributed by atoms with Crippen LogP contribution in [0.2, 0.25) is 5.02 Å². The van der Waals surface area contributed by atoms with Gasteiger partial charge in [-0.15, -0.1) is 0 Å². The molecule has 0 aliphatic carbocycles. The van der Waals surface area contributed by atoms with Gasteiger partial charge >= 0.3 is 16.1 Å². The predicted octanol–water partition coefficient (Wildman–Crippen LogP) is 5.92. The maximum atomic E-state index is 13.2. The van der Waals surface area contributed by atoms with Gasteiger partial charge in [0.15, 0.2) is 5.75 Å². The van der Waals surface area contributed by atoms with Gasteiger partial charge in [-0.05, 0) is 99.3 Å². The number of carbonyl (C=O) groups excluding carboxylic acids is 3. The largest absolute Gasteiger partial charge is 0.377 e. The number of amides is 4. The molecule has 1 heterocycles. The molecule has 4 amide bonds. The first-order chi connectivity index (χ1) is 17.4. The number of benzene rings is 3. The summed E-state index contributed by atoms with van der Waals surface area (Å²) >= 11 is 12.6. The highest BCUT2D eigenvalue weighted by Gasteiger charge is 2.37. The van der Waals surface area contributed by atoms with Crippen molar-refractivity contribution in [2.24, 2.45) is 0 Å². The highest BCUT2D eigenvalue weighted by Crippen LogP contribution is 2.37. The Kier molecular flexibility index (Phi) is 7.61. The van der Waals surface area contributed by atoms with Gasteiger partial charge < -0.3 is 4.18 Å². The van der Waals surface area contributed by atoms with Crippen LogP contribution in [0, 0.1) is 13.8 Å². The van der Waals surface area contributed by atoms with Crippen LogP contribution in [0.25, 0.3) is 6.08 Å². The summed E-state index contributed by atoms with van der Waals surface area (Å²) in [6.07, 6.45) is 1.28. The number of imide groups is 2. The molecule has 37 heavy (non-hydrogen) atoms. The molecule has 3 aromatic rings. The van der Waals surface area contributed by atoms with Crippen LogP contribution in [0.5, 0.6) is 5.75 Å². The molecule has 0 bridgehead atoms. The minimum Gasteiger partial charge on any atom is -0.377 e. The van der Waals surface area contributed by atoms with Gasteiger partial charge in [0.05, 0.1) is 14.6 Å². The van der Waals surface area contributed by atoms with E-state index in [4.69, 9.17) is 15.8 Å². The van der Waals surface area contributed by atoms with Crippen molar-refractivity contribution in [3.05, 3.63) is 90.8 Å². The Morgan fingerprint density at radius 2 is 1.57 bits per heavy atom. The van der Waals surface area contributed by atoms with Gasteiger partial charge in [0.1, 0.15) is 10.5 Å². The van der Waals surface area contributed by atoms with Crippen LogP contribution < -0.4 is 14.4 Å². The lowest BCUT2D eigenvalue weighted by molar-refractivity contribution is -0.122. The Bertz CT molecular complexity index is 1580. The molecule has 8 nitrogen and oxygen atoms in total. The number of urea groups is 1. The molecule has 1 N–H and O–H groups in total. The topological polar surface area (TPSA) is 110 Å². The Labute approximate surface area is 234 Å². The molecule has 190 valence electrons. The molecule has 1 fully saturated rings. The quantitative estimate of drug-likeness (QED) is 0.206. The Morgan fingerprint density at radius 3 is 2.19 bits per heavy atom. The zero-order valence-corrected chi connectivity index (χ0v) is 24.0. The zero-order valence-electron chi connectivity index (χ0n) is 19.2. The van der Waals surface area contributed by atoms with Gasteiger partial charge in [0, 0.05) is 5.02 Å². The molecule has 4 rings (SSSR count). The summed E-state index contributed by atoms with van der Waals surface area (Å²) in [6.45, 7) is 3.53. The molecule has 12 heteroatoms. The predicted molar refractivity (Wildman–Crippen MR) is 146 cm³/mol. The third-order valence-electron chi connectivity index (χ3n) is 5.35. The van der Waals surface area contributed by atoms with Crippen LogP contribution in [0.1, 0.15) is 16.7 Å². The van der Waals surface area contributed by atoms with E-state index in [9.17, 15) is 22.8 Å². The van der Waals surface area contributed by atoms with Crippen LogP contribution in [0.15, 0.2) is 74.0 Å². The SMILES string of the molecule is Cc1ccc(S(=O)(=O)Oc2c(Br)cc(/C=C3\C(=O)NC(=O)N(c4cc(Cl)ccc4C)C3=O)cc2Br)cc1. The molecule has 0 unspecified atom stereocenters. The van der Waals surface area contributed by atoms with Crippen molar-refractivity contribution in [3.8, 4) is 5.75 Å². The van der Waals surface area contributed by atoms with Gasteiger partial charge in [-0.3, -0.25) is 14.9 Å². The van der Waals surface area contributed by atoms with Crippen molar-refractivity contribution < 1.29 is 27.0 Å². The Balaban J connectivity index is 1.69. The first-order valence-corrected chi connectivity index (χ1v) is 13.9. The van der Waals surface area contributed by atoms with E-state index in [0.717, 1.165) is 10.5 Å². The van der Waals surface area contributed by atoms with Crippen molar-refractivity contribution >= 4 is 83.2 Å². The average Bonchev–Trinajstić information content (AvgIpc) is 2.81. The van der Waals surface area contributed by atoms with Crippen molar-refractivity contribution in [3.63, 3.8) is 0 Å². The average molecular weight is 669 g/mol. The molecular weight excluding hydrogens is 652 g/mol. The van der Waals surface area contributed by atoms with Crippen molar-refractivity contribution in [1.82, 2.24) is 5.32 Å². The molecule has 0 radical (unpaired) electrons. The van der Waals surface area contributed by atoms with Gasteiger partial charge in [-0.25, -0.2) is 9.69 Å². The fourth-order valence-electron chi connectivity index (χ4n) is 3.47. The minimum atomic E-state index is -4.13. The first-order valence-electron chi connectivity index (χ1n) is 10.5. The second-order valence-corrected chi connectivity index (χ2v) is 11.7. The minimum absolute atomic E-state index is 0.0198. The lowest BCUT2D eigenvalue weighted by Gasteiger charge is -2.27. The first kappa shape index (κ1) is 27.1. The molecule has 0 aromatic heterocycles. The fraction of sp³-hybridized carbons (Fsp3) is 0.0800. The number of halogens is 3. The number of barbiturate groups is 1. The maximum Gasteiger partial charge on any atom is 0.339 e. The highest BCUT2D eigenvalue weighted by atomic mass is 79.9. The molecule has 0 saturated carbocycles. The summed E-state index contributed by atoms with van der Waals surface area (Å²) in [7, 11) is -4.13. The molecular formula is C25H17Br2ClN2O6S. The van der Waals surface area contributed by atoms with E-state index in [2.05, 4.69) is 37.2 Å². The van der Waals surface area contributed by atoms with Crippen LogP contribution >= 0.6 is 43.5 Å². The third kappa shape index (κ3) is 5.64. The van der Waals surface area contributed by atoms with E-state index in [1.165, 1.54) is 36.4 Å². The summed E-state index contributed by atoms with van der Waals surface area (Å²) in [4.78, 5) is 39.1. The molecule has 3 aromatic carbocycles. The molecule has 1 aliphatic heterocycles. The number of hydrogen-bond donors (Lipinski definition) is 1. The summed E-state index contributed by atoms with van der Waals surface area (Å²) in [5, 5.41) is 2.47. The monoisotopic (exact) mass is 666 g/mol. The second kappa shape index (κ2) is 10.4. The van der Waals surface area contributed by atoms with E-state index >= 15 is 0 Å². The van der Waals surface area contributed by atoms with Gasteiger partial charge in [-0.1, -0.05) is 35.4 Å². The molecule has 0 atom stereocenters. The number of anilines is 1. The molecule has 1 aliphatic rings. The van der Waals surface area contributed by atoms with Crippen LogP contribution in [-0.4, -0.2) is 26.3 Å². The van der Waals surface area contributed by atoms with Crippen LogP contribution in [0.4, 0.5) is 10.5 Å². The fourth-order valence-corrected chi connectivity index (χ4v) is 6.20. The number of aryl methyl sites for hydroxylation is 2. The number of nitrogens with zero attached hydrogens (tertiary/aromatic N) is 1. The Morgan fingerprint density at radius 1 is 0.946 bits per heavy atom. The van der Waals surface area contributed by atoms with E-state index < -0.39 is 28.0 Å². The van der Waals surface area contributed by atoms with Crippen molar-refractivity contribution in [1.29, 1.82) is 0 Å². The van der Waals surface area contributed by atoms with Gasteiger partial charge in [0.25, 0.3) is 11.8 Å². The Hall–Kier alpha value is -2.99. The summed E-state index contributed by atoms with van der Waals surface area (Å²) in [5.74, 6) is -1.73. The third-order valence-corrected chi connectivity index (χ3v) is 8.00. The number of hydrogen-bond acceptors (Lipinski definition) is 6. The normalized spacial score (nSPS) is 15.2. The lowest BCUT2D eigenvalue weighted by atomic mass is 10.1. The van der Waals surface area contributed by atoms with E-state index in [1.807, 2.05) is 6.92 Å². The van der Waals surface area contributed by atoms with Crippen LogP contribution in [-0.2, 0) is 19.7 Å². The number of carbonyl (C=O) groups is 3.